The maximum Gasteiger partial charge on any atom is 0.306 e. The van der Waals surface area contributed by atoms with Crippen molar-refractivity contribution >= 4 is 21.7 Å². The molecule has 5 heteroatoms. The molecule has 0 bridgehead atoms. The second-order valence-corrected chi connectivity index (χ2v) is 5.67. The van der Waals surface area contributed by atoms with Gasteiger partial charge in [-0.05, 0) is 23.6 Å². The van der Waals surface area contributed by atoms with Gasteiger partial charge in [0, 0.05) is 11.1 Å². The zero-order valence-corrected chi connectivity index (χ0v) is 10.4. The van der Waals surface area contributed by atoms with Gasteiger partial charge >= 0.3 is 10.1 Å². The van der Waals surface area contributed by atoms with Gasteiger partial charge in [0.15, 0.2) is 0 Å². The summed E-state index contributed by atoms with van der Waals surface area (Å²) < 4.78 is 26.6. The van der Waals surface area contributed by atoms with Crippen LogP contribution in [0.4, 0.5) is 0 Å². The molecule has 0 amide bonds. The van der Waals surface area contributed by atoms with Crippen LogP contribution in [-0.2, 0) is 10.1 Å². The van der Waals surface area contributed by atoms with Crippen molar-refractivity contribution in [2.45, 2.75) is 19.8 Å². The lowest BCUT2D eigenvalue weighted by Crippen LogP contribution is -2.06. The first-order chi connectivity index (χ1) is 6.78. The maximum absolute atomic E-state index is 10.9. The summed E-state index contributed by atoms with van der Waals surface area (Å²) in [6, 6.07) is 4.95. The second-order valence-electron chi connectivity index (χ2n) is 3.66. The Bertz CT molecular complexity index is 452. The summed E-state index contributed by atoms with van der Waals surface area (Å²) in [5.41, 5.74) is 0.946. The van der Waals surface area contributed by atoms with E-state index in [1.165, 1.54) is 6.07 Å². The third kappa shape index (κ3) is 4.10. The SMILES string of the molecule is CC(C)c1cc(Cl)cc(OS(C)(=O)=O)c1. The van der Waals surface area contributed by atoms with Gasteiger partial charge in [-0.1, -0.05) is 25.4 Å². The maximum atomic E-state index is 10.9. The minimum Gasteiger partial charge on any atom is -0.383 e. The molecule has 0 fully saturated rings. The highest BCUT2D eigenvalue weighted by Gasteiger charge is 2.08. The van der Waals surface area contributed by atoms with Crippen LogP contribution in [-0.4, -0.2) is 14.7 Å². The molecular weight excluding hydrogens is 236 g/mol. The van der Waals surface area contributed by atoms with Crippen molar-refractivity contribution in [3.05, 3.63) is 28.8 Å². The van der Waals surface area contributed by atoms with Crippen LogP contribution >= 0.6 is 11.6 Å². The predicted octanol–water partition coefficient (Wildman–Crippen LogP) is 2.80. The predicted molar refractivity (Wildman–Crippen MR) is 61.0 cm³/mol. The third-order valence-corrected chi connectivity index (χ3v) is 2.52. The van der Waals surface area contributed by atoms with E-state index < -0.39 is 10.1 Å². The van der Waals surface area contributed by atoms with E-state index in [1.54, 1.807) is 12.1 Å². The first-order valence-electron chi connectivity index (χ1n) is 4.48. The Morgan fingerprint density at radius 1 is 1.27 bits per heavy atom. The van der Waals surface area contributed by atoms with E-state index in [0.717, 1.165) is 11.8 Å². The number of hydrogen-bond acceptors (Lipinski definition) is 3. The average Bonchev–Trinajstić information content (AvgIpc) is 1.99. The number of halogens is 1. The lowest BCUT2D eigenvalue weighted by Gasteiger charge is -2.09. The Hall–Kier alpha value is -0.740. The van der Waals surface area contributed by atoms with Gasteiger partial charge < -0.3 is 4.18 Å². The van der Waals surface area contributed by atoms with Crippen molar-refractivity contribution in [1.82, 2.24) is 0 Å². The molecule has 84 valence electrons. The minimum absolute atomic E-state index is 0.258. The Balaban J connectivity index is 3.10. The van der Waals surface area contributed by atoms with Gasteiger partial charge in [-0.2, -0.15) is 8.42 Å². The molecule has 3 nitrogen and oxygen atoms in total. The second kappa shape index (κ2) is 4.41. The zero-order chi connectivity index (χ0) is 11.6. The van der Waals surface area contributed by atoms with Crippen molar-refractivity contribution in [3.63, 3.8) is 0 Å². The van der Waals surface area contributed by atoms with Crippen LogP contribution in [0.25, 0.3) is 0 Å². The van der Waals surface area contributed by atoms with E-state index in [1.807, 2.05) is 13.8 Å². The molecule has 1 rings (SSSR count). The van der Waals surface area contributed by atoms with Crippen LogP contribution in [0.2, 0.25) is 5.02 Å². The highest BCUT2D eigenvalue weighted by atomic mass is 35.5. The quantitative estimate of drug-likeness (QED) is 0.773. The summed E-state index contributed by atoms with van der Waals surface area (Å²) in [7, 11) is -3.50. The van der Waals surface area contributed by atoms with Crippen LogP contribution in [0.15, 0.2) is 18.2 Å². The number of benzene rings is 1. The first kappa shape index (κ1) is 12.3. The third-order valence-electron chi connectivity index (χ3n) is 1.81. The fourth-order valence-corrected chi connectivity index (χ4v) is 1.82. The number of rotatable bonds is 3. The van der Waals surface area contributed by atoms with E-state index in [2.05, 4.69) is 0 Å². The molecule has 0 atom stereocenters. The van der Waals surface area contributed by atoms with Gasteiger partial charge in [0.2, 0.25) is 0 Å². The molecule has 0 saturated carbocycles. The molecule has 1 aromatic carbocycles. The van der Waals surface area contributed by atoms with Gasteiger partial charge in [0.1, 0.15) is 5.75 Å². The van der Waals surface area contributed by atoms with Crippen molar-refractivity contribution in [1.29, 1.82) is 0 Å². The summed E-state index contributed by atoms with van der Waals surface area (Å²) in [4.78, 5) is 0. The van der Waals surface area contributed by atoms with E-state index >= 15 is 0 Å². The largest absolute Gasteiger partial charge is 0.383 e. The zero-order valence-electron chi connectivity index (χ0n) is 8.82. The molecule has 0 heterocycles. The Labute approximate surface area is 95.1 Å². The molecular formula is C10H13ClO3S. The van der Waals surface area contributed by atoms with Gasteiger partial charge in [-0.25, -0.2) is 0 Å². The van der Waals surface area contributed by atoms with Crippen molar-refractivity contribution < 1.29 is 12.6 Å². The summed E-state index contributed by atoms with van der Waals surface area (Å²) in [6.45, 7) is 3.99. The molecule has 0 aliphatic carbocycles. The molecule has 0 aliphatic heterocycles. The fraction of sp³-hybridized carbons (Fsp3) is 0.400. The Kier molecular flexibility index (Phi) is 3.62. The molecule has 0 unspecified atom stereocenters. The highest BCUT2D eigenvalue weighted by molar-refractivity contribution is 7.86. The van der Waals surface area contributed by atoms with Crippen LogP contribution in [0.5, 0.6) is 5.75 Å². The summed E-state index contributed by atoms with van der Waals surface area (Å²) in [5, 5.41) is 0.472. The standard InChI is InChI=1S/C10H13ClO3S/c1-7(2)8-4-9(11)6-10(5-8)14-15(3,12)13/h4-7H,1-3H3. The van der Waals surface area contributed by atoms with Crippen molar-refractivity contribution in [2.24, 2.45) is 0 Å². The number of hydrogen-bond donors (Lipinski definition) is 0. The van der Waals surface area contributed by atoms with E-state index in [9.17, 15) is 8.42 Å². The van der Waals surface area contributed by atoms with Crippen LogP contribution in [0.3, 0.4) is 0 Å². The molecule has 0 aromatic heterocycles. The lowest BCUT2D eigenvalue weighted by atomic mass is 10.0. The molecule has 0 aliphatic rings. The van der Waals surface area contributed by atoms with Gasteiger partial charge in [-0.3, -0.25) is 0 Å². The van der Waals surface area contributed by atoms with E-state index in [0.29, 0.717) is 5.02 Å². The van der Waals surface area contributed by atoms with Gasteiger partial charge in [-0.15, -0.1) is 0 Å². The van der Waals surface area contributed by atoms with Crippen molar-refractivity contribution in [3.8, 4) is 5.75 Å². The Morgan fingerprint density at radius 3 is 2.33 bits per heavy atom. The fourth-order valence-electron chi connectivity index (χ4n) is 1.14. The Morgan fingerprint density at radius 2 is 1.87 bits per heavy atom. The molecule has 0 radical (unpaired) electrons. The molecule has 0 spiro atoms. The monoisotopic (exact) mass is 248 g/mol. The average molecular weight is 249 g/mol. The molecule has 0 saturated heterocycles. The first-order valence-corrected chi connectivity index (χ1v) is 6.67. The summed E-state index contributed by atoms with van der Waals surface area (Å²) in [5.74, 6) is 0.527. The molecule has 0 N–H and O–H groups in total. The van der Waals surface area contributed by atoms with Crippen LogP contribution in [0.1, 0.15) is 25.3 Å². The van der Waals surface area contributed by atoms with Crippen molar-refractivity contribution in [2.75, 3.05) is 6.26 Å². The lowest BCUT2D eigenvalue weighted by molar-refractivity contribution is 0.492. The van der Waals surface area contributed by atoms with Crippen LogP contribution < -0.4 is 4.18 Å². The van der Waals surface area contributed by atoms with E-state index in [4.69, 9.17) is 15.8 Å². The normalized spacial score (nSPS) is 11.8. The van der Waals surface area contributed by atoms with Gasteiger partial charge in [0.25, 0.3) is 0 Å². The van der Waals surface area contributed by atoms with Gasteiger partial charge in [0.05, 0.1) is 6.26 Å². The van der Waals surface area contributed by atoms with Crippen LogP contribution in [0, 0.1) is 0 Å². The smallest absolute Gasteiger partial charge is 0.306 e. The topological polar surface area (TPSA) is 43.4 Å². The summed E-state index contributed by atoms with van der Waals surface area (Å²) >= 11 is 5.85. The highest BCUT2D eigenvalue weighted by Crippen LogP contribution is 2.26. The molecule has 1 aromatic rings. The van der Waals surface area contributed by atoms with E-state index in [-0.39, 0.29) is 11.7 Å². The minimum atomic E-state index is -3.50. The molecule has 15 heavy (non-hydrogen) atoms. The summed E-state index contributed by atoms with van der Waals surface area (Å²) in [6.07, 6.45) is 1.00.